The minimum absolute atomic E-state index is 0.0115. The largest absolute Gasteiger partial charge is 0.416 e. The van der Waals surface area contributed by atoms with Crippen molar-refractivity contribution in [2.45, 2.75) is 25.1 Å². The Hall–Kier alpha value is -2.61. The number of rotatable bonds is 3. The molecule has 0 aliphatic carbocycles. The predicted molar refractivity (Wildman–Crippen MR) is 99.2 cm³/mol. The smallest absolute Gasteiger partial charge is 0.349 e. The van der Waals surface area contributed by atoms with Crippen molar-refractivity contribution in [2.75, 3.05) is 13.1 Å². The highest BCUT2D eigenvalue weighted by Crippen LogP contribution is 2.29. The van der Waals surface area contributed by atoms with E-state index in [0.29, 0.717) is 25.9 Å². The molecule has 0 atom stereocenters. The van der Waals surface area contributed by atoms with Crippen molar-refractivity contribution in [3.05, 3.63) is 70.0 Å². The molecule has 1 heterocycles. The lowest BCUT2D eigenvalue weighted by atomic mass is 10.0. The van der Waals surface area contributed by atoms with Gasteiger partial charge in [0.05, 0.1) is 16.1 Å². The number of hydrogen-bond acceptors (Lipinski definition) is 2. The van der Waals surface area contributed by atoms with Gasteiger partial charge in [-0.25, -0.2) is 4.39 Å². The summed E-state index contributed by atoms with van der Waals surface area (Å²) in [6, 6.07) is 7.75. The maximum absolute atomic E-state index is 13.8. The molecule has 1 fully saturated rings. The highest BCUT2D eigenvalue weighted by Gasteiger charge is 2.31. The Morgan fingerprint density at radius 1 is 1.03 bits per heavy atom. The summed E-state index contributed by atoms with van der Waals surface area (Å²) in [5, 5.41) is 2.73. The number of piperidine rings is 1. The normalized spacial score (nSPS) is 15.3. The molecular formula is C20H17ClF4N2O2. The second kappa shape index (κ2) is 8.41. The van der Waals surface area contributed by atoms with Crippen molar-refractivity contribution >= 4 is 23.4 Å². The van der Waals surface area contributed by atoms with Gasteiger partial charge in [-0.05, 0) is 49.2 Å². The number of benzene rings is 2. The number of hydrogen-bond donors (Lipinski definition) is 1. The fourth-order valence-corrected chi connectivity index (χ4v) is 3.43. The van der Waals surface area contributed by atoms with Crippen LogP contribution < -0.4 is 5.32 Å². The van der Waals surface area contributed by atoms with Gasteiger partial charge in [0, 0.05) is 24.7 Å². The molecule has 1 aliphatic heterocycles. The Bertz CT molecular complexity index is 887. The van der Waals surface area contributed by atoms with Gasteiger partial charge in [-0.3, -0.25) is 9.59 Å². The number of nitrogens with zero attached hydrogens (tertiary/aromatic N) is 1. The van der Waals surface area contributed by atoms with E-state index in [2.05, 4.69) is 5.32 Å². The average molecular weight is 429 g/mol. The Balaban J connectivity index is 1.57. The third kappa shape index (κ3) is 4.87. The molecule has 1 saturated heterocycles. The first kappa shape index (κ1) is 21.1. The molecule has 154 valence electrons. The second-order valence-electron chi connectivity index (χ2n) is 6.71. The lowest BCUT2D eigenvalue weighted by Crippen LogP contribution is -2.46. The Labute approximate surface area is 169 Å². The topological polar surface area (TPSA) is 49.4 Å². The third-order valence-electron chi connectivity index (χ3n) is 4.77. The Morgan fingerprint density at radius 2 is 1.66 bits per heavy atom. The Morgan fingerprint density at radius 3 is 2.21 bits per heavy atom. The van der Waals surface area contributed by atoms with Crippen molar-refractivity contribution in [3.63, 3.8) is 0 Å². The highest BCUT2D eigenvalue weighted by atomic mass is 35.5. The molecule has 1 N–H and O–H groups in total. The third-order valence-corrected chi connectivity index (χ3v) is 5.08. The molecule has 0 saturated carbocycles. The molecule has 0 radical (unpaired) electrons. The van der Waals surface area contributed by atoms with E-state index in [-0.39, 0.29) is 28.1 Å². The van der Waals surface area contributed by atoms with Gasteiger partial charge < -0.3 is 10.2 Å². The molecule has 2 aromatic carbocycles. The number of likely N-dealkylation sites (tertiary alicyclic amines) is 1. The maximum Gasteiger partial charge on any atom is 0.416 e. The fraction of sp³-hybridized carbons (Fsp3) is 0.300. The zero-order valence-electron chi connectivity index (χ0n) is 15.1. The molecule has 3 rings (SSSR count). The van der Waals surface area contributed by atoms with E-state index in [1.807, 2.05) is 0 Å². The van der Waals surface area contributed by atoms with E-state index in [1.54, 1.807) is 0 Å². The van der Waals surface area contributed by atoms with Gasteiger partial charge in [-0.1, -0.05) is 17.7 Å². The average Bonchev–Trinajstić information content (AvgIpc) is 2.67. The van der Waals surface area contributed by atoms with E-state index in [4.69, 9.17) is 11.6 Å². The fourth-order valence-electron chi connectivity index (χ4n) is 3.18. The van der Waals surface area contributed by atoms with Crippen LogP contribution in [0, 0.1) is 5.82 Å². The molecule has 0 bridgehead atoms. The first-order chi connectivity index (χ1) is 13.7. The lowest BCUT2D eigenvalue weighted by molar-refractivity contribution is -0.137. The number of carbonyl (C=O) groups excluding carboxylic acids is 2. The number of alkyl halides is 3. The van der Waals surface area contributed by atoms with Crippen LogP contribution in [0.1, 0.15) is 39.1 Å². The SMILES string of the molecule is O=C(NC1CCN(C(=O)c2ccc(C(F)(F)F)cc2)CC1)c1c(F)cccc1Cl. The monoisotopic (exact) mass is 428 g/mol. The van der Waals surface area contributed by atoms with Gasteiger partial charge in [0.15, 0.2) is 0 Å². The molecule has 0 spiro atoms. The minimum atomic E-state index is -4.46. The molecule has 2 aromatic rings. The first-order valence-electron chi connectivity index (χ1n) is 8.88. The molecule has 0 aromatic heterocycles. The van der Waals surface area contributed by atoms with Crippen LogP contribution in [0.4, 0.5) is 17.6 Å². The van der Waals surface area contributed by atoms with Crippen molar-refractivity contribution in [1.82, 2.24) is 10.2 Å². The lowest BCUT2D eigenvalue weighted by Gasteiger charge is -2.32. The summed E-state index contributed by atoms with van der Waals surface area (Å²) in [4.78, 5) is 26.3. The van der Waals surface area contributed by atoms with Crippen molar-refractivity contribution in [3.8, 4) is 0 Å². The van der Waals surface area contributed by atoms with Crippen molar-refractivity contribution in [2.24, 2.45) is 0 Å². The summed E-state index contributed by atoms with van der Waals surface area (Å²) >= 11 is 5.89. The van der Waals surface area contributed by atoms with Gasteiger partial charge in [0.1, 0.15) is 5.82 Å². The van der Waals surface area contributed by atoms with Crippen LogP contribution in [0.15, 0.2) is 42.5 Å². The summed E-state index contributed by atoms with van der Waals surface area (Å²) in [6.45, 7) is 0.631. The van der Waals surface area contributed by atoms with Gasteiger partial charge >= 0.3 is 6.18 Å². The Kier molecular flexibility index (Phi) is 6.12. The maximum atomic E-state index is 13.8. The standard InChI is InChI=1S/C20H17ClF4N2O2/c21-15-2-1-3-16(22)17(15)18(28)26-14-8-10-27(11-9-14)19(29)12-4-6-13(7-5-12)20(23,24)25/h1-7,14H,8-11H2,(H,26,28). The second-order valence-corrected chi connectivity index (χ2v) is 7.12. The molecule has 29 heavy (non-hydrogen) atoms. The van der Waals surface area contributed by atoms with Gasteiger partial charge in [-0.15, -0.1) is 0 Å². The van der Waals surface area contributed by atoms with Crippen LogP contribution in [0.5, 0.6) is 0 Å². The summed E-state index contributed by atoms with van der Waals surface area (Å²) < 4.78 is 51.7. The van der Waals surface area contributed by atoms with E-state index >= 15 is 0 Å². The number of nitrogens with one attached hydrogen (secondary N) is 1. The summed E-state index contributed by atoms with van der Waals surface area (Å²) in [5.74, 6) is -1.72. The highest BCUT2D eigenvalue weighted by molar-refractivity contribution is 6.33. The molecule has 9 heteroatoms. The van der Waals surface area contributed by atoms with Crippen molar-refractivity contribution < 1.29 is 27.2 Å². The van der Waals surface area contributed by atoms with E-state index in [1.165, 1.54) is 17.0 Å². The van der Waals surface area contributed by atoms with Crippen LogP contribution >= 0.6 is 11.6 Å². The zero-order chi connectivity index (χ0) is 21.2. The first-order valence-corrected chi connectivity index (χ1v) is 9.26. The molecule has 1 aliphatic rings. The summed E-state index contributed by atoms with van der Waals surface area (Å²) in [6.07, 6.45) is -3.59. The number of amides is 2. The summed E-state index contributed by atoms with van der Waals surface area (Å²) in [7, 11) is 0. The van der Waals surface area contributed by atoms with Gasteiger partial charge in [0.25, 0.3) is 11.8 Å². The molecule has 0 unspecified atom stereocenters. The summed E-state index contributed by atoms with van der Waals surface area (Å²) in [5.41, 5.74) is -0.877. The van der Waals surface area contributed by atoms with E-state index in [9.17, 15) is 27.2 Å². The van der Waals surface area contributed by atoms with E-state index < -0.39 is 23.5 Å². The number of carbonyl (C=O) groups is 2. The zero-order valence-corrected chi connectivity index (χ0v) is 15.9. The van der Waals surface area contributed by atoms with Crippen LogP contribution in [0.2, 0.25) is 5.02 Å². The van der Waals surface area contributed by atoms with Crippen LogP contribution in [0.3, 0.4) is 0 Å². The van der Waals surface area contributed by atoms with Crippen LogP contribution in [-0.2, 0) is 6.18 Å². The number of halogens is 5. The van der Waals surface area contributed by atoms with Gasteiger partial charge in [-0.2, -0.15) is 13.2 Å². The molecule has 4 nitrogen and oxygen atoms in total. The van der Waals surface area contributed by atoms with Crippen molar-refractivity contribution in [1.29, 1.82) is 0 Å². The molecular weight excluding hydrogens is 412 g/mol. The van der Waals surface area contributed by atoms with Gasteiger partial charge in [0.2, 0.25) is 0 Å². The van der Waals surface area contributed by atoms with E-state index in [0.717, 1.165) is 30.3 Å². The quantitative estimate of drug-likeness (QED) is 0.730. The van der Waals surface area contributed by atoms with Crippen LogP contribution in [0.25, 0.3) is 0 Å². The predicted octanol–water partition coefficient (Wildman–Crippen LogP) is 4.53. The van der Waals surface area contributed by atoms with Crippen LogP contribution in [-0.4, -0.2) is 35.8 Å². The molecule has 2 amide bonds. The minimum Gasteiger partial charge on any atom is -0.349 e.